The van der Waals surface area contributed by atoms with E-state index in [1.165, 1.54) is 24.3 Å². The molecule has 0 aliphatic carbocycles. The molecule has 140 valence electrons. The quantitative estimate of drug-likeness (QED) is 0.685. The molecule has 0 radical (unpaired) electrons. The molecule has 1 aliphatic heterocycles. The molecule has 1 aromatic rings. The van der Waals surface area contributed by atoms with E-state index >= 15 is 0 Å². The Morgan fingerprint density at radius 1 is 1.31 bits per heavy atom. The number of nitrogens with one attached hydrogen (secondary N) is 2. The third kappa shape index (κ3) is 5.38. The summed E-state index contributed by atoms with van der Waals surface area (Å²) < 4.78 is 18.3. The molecule has 1 heterocycles. The van der Waals surface area contributed by atoms with Gasteiger partial charge in [-0.2, -0.15) is 0 Å². The fourth-order valence-electron chi connectivity index (χ4n) is 2.43. The van der Waals surface area contributed by atoms with Gasteiger partial charge in [-0.05, 0) is 31.5 Å². The number of halogens is 1. The monoisotopic (exact) mass is 364 g/mol. The van der Waals surface area contributed by atoms with E-state index in [0.717, 1.165) is 6.08 Å². The van der Waals surface area contributed by atoms with Gasteiger partial charge in [0.2, 0.25) is 5.91 Å². The molecule has 2 rings (SSSR count). The molecule has 0 fully saturated rings. The van der Waals surface area contributed by atoms with E-state index in [-0.39, 0.29) is 30.3 Å². The Morgan fingerprint density at radius 3 is 2.54 bits per heavy atom. The van der Waals surface area contributed by atoms with Crippen LogP contribution in [0.3, 0.4) is 0 Å². The number of hydrogen-bond donors (Lipinski definition) is 3. The van der Waals surface area contributed by atoms with Crippen LogP contribution in [0.25, 0.3) is 0 Å². The summed E-state index contributed by atoms with van der Waals surface area (Å²) in [7, 11) is 0. The van der Waals surface area contributed by atoms with E-state index in [9.17, 15) is 23.9 Å². The van der Waals surface area contributed by atoms with Crippen molar-refractivity contribution in [3.05, 3.63) is 47.5 Å². The average molecular weight is 364 g/mol. The van der Waals surface area contributed by atoms with Gasteiger partial charge < -0.3 is 20.5 Å². The van der Waals surface area contributed by atoms with E-state index in [1.54, 1.807) is 13.8 Å². The van der Waals surface area contributed by atoms with Gasteiger partial charge >= 0.3 is 0 Å². The number of allylic oxidation sites excluding steroid dienone is 1. The number of hydrogen-bond acceptors (Lipinski definition) is 5. The second-order valence-corrected chi connectivity index (χ2v) is 6.57. The molecule has 1 aromatic carbocycles. The van der Waals surface area contributed by atoms with Gasteiger partial charge in [-0.25, -0.2) is 4.39 Å². The summed E-state index contributed by atoms with van der Waals surface area (Å²) in [6.07, 6.45) is 1.22. The molecule has 0 unspecified atom stereocenters. The maximum absolute atomic E-state index is 12.9. The highest BCUT2D eigenvalue weighted by molar-refractivity contribution is 6.03. The molecule has 1 atom stereocenters. The minimum Gasteiger partial charge on any atom is -0.482 e. The first kappa shape index (κ1) is 19.6. The zero-order valence-electron chi connectivity index (χ0n) is 14.5. The van der Waals surface area contributed by atoms with Gasteiger partial charge in [0.15, 0.2) is 11.5 Å². The van der Waals surface area contributed by atoms with Crippen LogP contribution in [0.5, 0.6) is 0 Å². The van der Waals surface area contributed by atoms with Crippen molar-refractivity contribution < 1.29 is 28.6 Å². The van der Waals surface area contributed by atoms with E-state index in [4.69, 9.17) is 4.74 Å². The van der Waals surface area contributed by atoms with Crippen LogP contribution in [0.1, 0.15) is 25.8 Å². The zero-order valence-corrected chi connectivity index (χ0v) is 14.5. The van der Waals surface area contributed by atoms with E-state index < -0.39 is 30.1 Å². The van der Waals surface area contributed by atoms with Crippen molar-refractivity contribution >= 4 is 17.6 Å². The van der Waals surface area contributed by atoms with E-state index in [2.05, 4.69) is 10.6 Å². The van der Waals surface area contributed by atoms with Gasteiger partial charge in [0, 0.05) is 19.0 Å². The van der Waals surface area contributed by atoms with Crippen molar-refractivity contribution in [2.75, 3.05) is 6.61 Å². The molecule has 8 heteroatoms. The summed E-state index contributed by atoms with van der Waals surface area (Å²) in [6.45, 7) is 2.82. The van der Waals surface area contributed by atoms with Crippen LogP contribution in [-0.2, 0) is 25.7 Å². The van der Waals surface area contributed by atoms with Crippen molar-refractivity contribution in [1.29, 1.82) is 0 Å². The normalized spacial score (nSPS) is 16.9. The molecular weight excluding hydrogens is 343 g/mol. The van der Waals surface area contributed by atoms with Crippen molar-refractivity contribution in [3.8, 4) is 0 Å². The largest absolute Gasteiger partial charge is 0.482 e. The number of ketones is 1. The fourth-order valence-corrected chi connectivity index (χ4v) is 2.43. The topological polar surface area (TPSA) is 105 Å². The molecule has 26 heavy (non-hydrogen) atoms. The molecule has 0 saturated carbocycles. The summed E-state index contributed by atoms with van der Waals surface area (Å²) in [6, 6.07) is 4.33. The van der Waals surface area contributed by atoms with Gasteiger partial charge in [-0.15, -0.1) is 0 Å². The van der Waals surface area contributed by atoms with Crippen LogP contribution in [0.4, 0.5) is 4.39 Å². The molecule has 3 N–H and O–H groups in total. The van der Waals surface area contributed by atoms with Crippen LogP contribution in [-0.4, -0.2) is 41.0 Å². The number of carbonyl (C=O) groups is 3. The van der Waals surface area contributed by atoms with Gasteiger partial charge in [-0.3, -0.25) is 14.4 Å². The highest BCUT2D eigenvalue weighted by Gasteiger charge is 2.33. The Morgan fingerprint density at radius 2 is 1.96 bits per heavy atom. The lowest BCUT2D eigenvalue weighted by molar-refractivity contribution is -0.134. The van der Waals surface area contributed by atoms with E-state index in [1.807, 2.05) is 0 Å². The zero-order chi connectivity index (χ0) is 19.3. The first-order chi connectivity index (χ1) is 12.2. The van der Waals surface area contributed by atoms with Crippen molar-refractivity contribution in [2.45, 2.75) is 38.5 Å². The number of amides is 2. The first-order valence-corrected chi connectivity index (χ1v) is 8.07. The van der Waals surface area contributed by atoms with Gasteiger partial charge in [0.05, 0.1) is 6.61 Å². The van der Waals surface area contributed by atoms with E-state index in [0.29, 0.717) is 5.56 Å². The lowest BCUT2D eigenvalue weighted by Gasteiger charge is -2.30. The molecule has 0 bridgehead atoms. The summed E-state index contributed by atoms with van der Waals surface area (Å²) in [4.78, 5) is 36.0. The van der Waals surface area contributed by atoms with Gasteiger partial charge in [-0.1, -0.05) is 12.1 Å². The minimum absolute atomic E-state index is 0.107. The maximum Gasteiger partial charge on any atom is 0.287 e. The highest BCUT2D eigenvalue weighted by Crippen LogP contribution is 2.24. The smallest absolute Gasteiger partial charge is 0.287 e. The van der Waals surface area contributed by atoms with Crippen molar-refractivity contribution in [1.82, 2.24) is 10.6 Å². The molecule has 0 saturated heterocycles. The average Bonchev–Trinajstić information content (AvgIpc) is 2.56. The lowest BCUT2D eigenvalue weighted by atomic mass is 9.98. The van der Waals surface area contributed by atoms with Crippen LogP contribution >= 0.6 is 0 Å². The molecule has 1 aliphatic rings. The second-order valence-electron chi connectivity index (χ2n) is 6.57. The summed E-state index contributed by atoms with van der Waals surface area (Å²) in [5.74, 6) is -2.23. The standard InChI is InChI=1S/C18H21FN2O5/c1-18(2)8-13(23)7-15(26-18)17(25)21-14(10-22)16(24)20-9-11-3-5-12(19)6-4-11/h3-7,14,22H,8-10H2,1-2H3,(H,20,24)(H,21,25)/t14-/m0/s1. The Labute approximate surface area is 150 Å². The van der Waals surface area contributed by atoms with Crippen LogP contribution in [0.2, 0.25) is 0 Å². The highest BCUT2D eigenvalue weighted by atomic mass is 19.1. The predicted octanol–water partition coefficient (Wildman–Crippen LogP) is 0.571. The van der Waals surface area contributed by atoms with Crippen LogP contribution in [0.15, 0.2) is 36.1 Å². The SMILES string of the molecule is CC1(C)CC(=O)C=C(C(=O)N[C@@H](CO)C(=O)NCc2ccc(F)cc2)O1. The number of aliphatic hydroxyl groups is 1. The summed E-state index contributed by atoms with van der Waals surface area (Å²) >= 11 is 0. The third-order valence-corrected chi connectivity index (χ3v) is 3.69. The van der Waals surface area contributed by atoms with Crippen LogP contribution in [0, 0.1) is 5.82 Å². The number of carbonyl (C=O) groups excluding carboxylic acids is 3. The predicted molar refractivity (Wildman–Crippen MR) is 90.1 cm³/mol. The molecular formula is C18H21FN2O5. The number of aliphatic hydroxyl groups excluding tert-OH is 1. The minimum atomic E-state index is -1.22. The molecule has 0 spiro atoms. The number of ether oxygens (including phenoxy) is 1. The lowest BCUT2D eigenvalue weighted by Crippen LogP contribution is -2.50. The Kier molecular flexibility index (Phi) is 6.10. The van der Waals surface area contributed by atoms with Gasteiger partial charge in [0.1, 0.15) is 17.5 Å². The summed E-state index contributed by atoms with van der Waals surface area (Å²) in [5.41, 5.74) is -0.161. The Bertz CT molecular complexity index is 728. The maximum atomic E-state index is 12.9. The Hall–Kier alpha value is -2.74. The van der Waals surface area contributed by atoms with Crippen LogP contribution < -0.4 is 10.6 Å². The Balaban J connectivity index is 1.95. The number of benzene rings is 1. The third-order valence-electron chi connectivity index (χ3n) is 3.69. The van der Waals surface area contributed by atoms with Crippen molar-refractivity contribution in [2.24, 2.45) is 0 Å². The molecule has 2 amide bonds. The van der Waals surface area contributed by atoms with Gasteiger partial charge in [0.25, 0.3) is 5.91 Å². The molecule has 0 aromatic heterocycles. The fraction of sp³-hybridized carbons (Fsp3) is 0.389. The summed E-state index contributed by atoms with van der Waals surface area (Å²) in [5, 5.41) is 14.3. The van der Waals surface area contributed by atoms with Crippen molar-refractivity contribution in [3.63, 3.8) is 0 Å². The first-order valence-electron chi connectivity index (χ1n) is 8.07. The number of rotatable bonds is 6. The second kappa shape index (κ2) is 8.09. The molecule has 7 nitrogen and oxygen atoms in total.